The Bertz CT molecular complexity index is 759. The first-order chi connectivity index (χ1) is 12.5. The lowest BCUT2D eigenvalue weighted by Gasteiger charge is -2.17. The van der Waals surface area contributed by atoms with E-state index < -0.39 is 12.1 Å². The largest absolute Gasteiger partial charge is 0.452 e. The minimum Gasteiger partial charge on any atom is -0.452 e. The van der Waals surface area contributed by atoms with Crippen LogP contribution in [0.15, 0.2) is 54.6 Å². The molecule has 0 aliphatic heterocycles. The summed E-state index contributed by atoms with van der Waals surface area (Å²) >= 11 is 0. The molecular formula is C19H20N2O5. The van der Waals surface area contributed by atoms with Crippen LogP contribution in [0.25, 0.3) is 0 Å². The van der Waals surface area contributed by atoms with Crippen molar-refractivity contribution in [3.63, 3.8) is 0 Å². The maximum atomic E-state index is 12.1. The van der Waals surface area contributed by atoms with Crippen LogP contribution in [-0.4, -0.2) is 38.2 Å². The molecule has 136 valence electrons. The van der Waals surface area contributed by atoms with Gasteiger partial charge in [-0.05, 0) is 43.3 Å². The molecule has 0 heterocycles. The van der Waals surface area contributed by atoms with Gasteiger partial charge in [-0.15, -0.1) is 0 Å². The average molecular weight is 356 g/mol. The van der Waals surface area contributed by atoms with Gasteiger partial charge < -0.3 is 14.4 Å². The van der Waals surface area contributed by atoms with E-state index in [-0.39, 0.29) is 24.7 Å². The number of benzene rings is 2. The van der Waals surface area contributed by atoms with Crippen LogP contribution in [-0.2, 0) is 14.3 Å². The Morgan fingerprint density at radius 1 is 0.962 bits per heavy atom. The number of likely N-dealkylation sites (N-methyl/N-ethyl adjacent to an activating group) is 1. The highest BCUT2D eigenvalue weighted by Gasteiger charge is 2.14. The van der Waals surface area contributed by atoms with Gasteiger partial charge in [-0.1, -0.05) is 18.2 Å². The fourth-order valence-corrected chi connectivity index (χ4v) is 2.08. The number of carbonyl (C=O) groups excluding carboxylic acids is 3. The second-order valence-electron chi connectivity index (χ2n) is 5.29. The highest BCUT2D eigenvalue weighted by Crippen LogP contribution is 2.13. The van der Waals surface area contributed by atoms with E-state index in [1.165, 1.54) is 17.0 Å². The van der Waals surface area contributed by atoms with Crippen molar-refractivity contribution in [2.45, 2.75) is 6.92 Å². The number of rotatable bonds is 6. The lowest BCUT2D eigenvalue weighted by Crippen LogP contribution is -2.31. The molecule has 0 saturated heterocycles. The number of hydrogen-bond acceptors (Lipinski definition) is 5. The maximum Gasteiger partial charge on any atom is 0.411 e. The first-order valence-electron chi connectivity index (χ1n) is 8.04. The fourth-order valence-electron chi connectivity index (χ4n) is 2.08. The summed E-state index contributed by atoms with van der Waals surface area (Å²) in [5, 5.41) is 2.52. The molecule has 0 aliphatic rings. The van der Waals surface area contributed by atoms with E-state index in [9.17, 15) is 14.4 Å². The standard InChI is InChI=1S/C19H20N2O5/c1-3-25-19(24)20-15-11-9-14(10-12-15)18(23)26-13-17(22)21(2)16-7-5-4-6-8-16/h4-12H,3,13H2,1-2H3,(H,20,24). The van der Waals surface area contributed by atoms with Crippen molar-refractivity contribution < 1.29 is 23.9 Å². The summed E-state index contributed by atoms with van der Waals surface area (Å²) < 4.78 is 9.81. The number of nitrogens with one attached hydrogen (secondary N) is 1. The molecule has 0 radical (unpaired) electrons. The third-order valence-corrected chi connectivity index (χ3v) is 3.49. The third-order valence-electron chi connectivity index (χ3n) is 3.49. The van der Waals surface area contributed by atoms with E-state index in [1.54, 1.807) is 38.2 Å². The Hall–Kier alpha value is -3.35. The molecule has 0 atom stereocenters. The molecular weight excluding hydrogens is 336 g/mol. The molecule has 0 spiro atoms. The summed E-state index contributed by atoms with van der Waals surface area (Å²) in [5.74, 6) is -0.965. The molecule has 2 amide bonds. The van der Waals surface area contributed by atoms with Crippen LogP contribution in [0.4, 0.5) is 16.2 Å². The second kappa shape index (κ2) is 9.22. The predicted molar refractivity (Wildman–Crippen MR) is 97.2 cm³/mol. The van der Waals surface area contributed by atoms with Crippen molar-refractivity contribution in [2.75, 3.05) is 30.5 Å². The van der Waals surface area contributed by atoms with Crippen molar-refractivity contribution in [1.29, 1.82) is 0 Å². The molecule has 0 fully saturated rings. The molecule has 2 rings (SSSR count). The first kappa shape index (κ1) is 19.0. The van der Waals surface area contributed by atoms with Crippen LogP contribution in [0.3, 0.4) is 0 Å². The Kier molecular flexibility index (Phi) is 6.73. The van der Waals surface area contributed by atoms with Crippen LogP contribution >= 0.6 is 0 Å². The predicted octanol–water partition coefficient (Wildman–Crippen LogP) is 3.07. The average Bonchev–Trinajstić information content (AvgIpc) is 2.66. The minimum absolute atomic E-state index is 0.266. The number of nitrogens with zero attached hydrogens (tertiary/aromatic N) is 1. The van der Waals surface area contributed by atoms with Gasteiger partial charge >= 0.3 is 12.1 Å². The van der Waals surface area contributed by atoms with E-state index in [2.05, 4.69) is 5.32 Å². The summed E-state index contributed by atoms with van der Waals surface area (Å²) in [4.78, 5) is 36.9. The van der Waals surface area contributed by atoms with Crippen molar-refractivity contribution in [1.82, 2.24) is 0 Å². The van der Waals surface area contributed by atoms with Crippen LogP contribution in [0.1, 0.15) is 17.3 Å². The van der Waals surface area contributed by atoms with E-state index in [0.29, 0.717) is 11.4 Å². The molecule has 0 unspecified atom stereocenters. The number of para-hydroxylation sites is 1. The highest BCUT2D eigenvalue weighted by molar-refractivity contribution is 5.97. The minimum atomic E-state index is -0.623. The summed E-state index contributed by atoms with van der Waals surface area (Å²) in [7, 11) is 1.61. The molecule has 0 aromatic heterocycles. The van der Waals surface area contributed by atoms with Crippen molar-refractivity contribution in [3.05, 3.63) is 60.2 Å². The van der Waals surface area contributed by atoms with Crippen LogP contribution in [0.5, 0.6) is 0 Å². The SMILES string of the molecule is CCOC(=O)Nc1ccc(C(=O)OCC(=O)N(C)c2ccccc2)cc1. The zero-order valence-corrected chi connectivity index (χ0v) is 14.6. The highest BCUT2D eigenvalue weighted by atomic mass is 16.5. The number of amides is 2. The van der Waals surface area contributed by atoms with Gasteiger partial charge in [0.15, 0.2) is 6.61 Å². The number of anilines is 2. The Labute approximate surface area is 151 Å². The third kappa shape index (κ3) is 5.34. The lowest BCUT2D eigenvalue weighted by molar-refractivity contribution is -0.121. The van der Waals surface area contributed by atoms with Crippen molar-refractivity contribution in [2.24, 2.45) is 0 Å². The van der Waals surface area contributed by atoms with Gasteiger partial charge in [0.25, 0.3) is 5.91 Å². The van der Waals surface area contributed by atoms with Gasteiger partial charge in [-0.3, -0.25) is 10.1 Å². The van der Waals surface area contributed by atoms with Gasteiger partial charge in [0.1, 0.15) is 0 Å². The number of ether oxygens (including phenoxy) is 2. The molecule has 0 bridgehead atoms. The molecule has 0 saturated carbocycles. The van der Waals surface area contributed by atoms with Crippen molar-refractivity contribution in [3.8, 4) is 0 Å². The Balaban J connectivity index is 1.87. The molecule has 2 aromatic rings. The van der Waals surface area contributed by atoms with E-state index in [1.807, 2.05) is 18.2 Å². The number of esters is 1. The van der Waals surface area contributed by atoms with Crippen LogP contribution < -0.4 is 10.2 Å². The quantitative estimate of drug-likeness (QED) is 0.804. The molecule has 0 aliphatic carbocycles. The van der Waals surface area contributed by atoms with E-state index in [0.717, 1.165) is 0 Å². The topological polar surface area (TPSA) is 84.9 Å². The van der Waals surface area contributed by atoms with Gasteiger partial charge in [0.2, 0.25) is 0 Å². The number of hydrogen-bond donors (Lipinski definition) is 1. The second-order valence-corrected chi connectivity index (χ2v) is 5.29. The molecule has 2 aromatic carbocycles. The summed E-state index contributed by atoms with van der Waals surface area (Å²) in [6.07, 6.45) is -0.572. The van der Waals surface area contributed by atoms with Crippen LogP contribution in [0, 0.1) is 0 Å². The maximum absolute atomic E-state index is 12.1. The number of carbonyl (C=O) groups is 3. The van der Waals surface area contributed by atoms with Crippen LogP contribution in [0.2, 0.25) is 0 Å². The van der Waals surface area contributed by atoms with Crippen molar-refractivity contribution >= 4 is 29.3 Å². The van der Waals surface area contributed by atoms with Gasteiger partial charge in [0, 0.05) is 18.4 Å². The molecule has 1 N–H and O–H groups in total. The Morgan fingerprint density at radius 2 is 1.62 bits per heavy atom. The summed E-state index contributed by atoms with van der Waals surface area (Å²) in [5.41, 5.74) is 1.47. The monoisotopic (exact) mass is 356 g/mol. The first-order valence-corrected chi connectivity index (χ1v) is 8.04. The molecule has 26 heavy (non-hydrogen) atoms. The van der Waals surface area contributed by atoms with Gasteiger partial charge in [-0.2, -0.15) is 0 Å². The fraction of sp³-hybridized carbons (Fsp3) is 0.211. The summed E-state index contributed by atoms with van der Waals surface area (Å²) in [6, 6.07) is 15.1. The van der Waals surface area contributed by atoms with E-state index >= 15 is 0 Å². The van der Waals surface area contributed by atoms with Gasteiger partial charge in [0.05, 0.1) is 12.2 Å². The van der Waals surface area contributed by atoms with Gasteiger partial charge in [-0.25, -0.2) is 9.59 Å². The molecule has 7 nitrogen and oxygen atoms in total. The smallest absolute Gasteiger partial charge is 0.411 e. The zero-order chi connectivity index (χ0) is 18.9. The Morgan fingerprint density at radius 3 is 2.23 bits per heavy atom. The van der Waals surface area contributed by atoms with E-state index in [4.69, 9.17) is 9.47 Å². The molecule has 7 heteroatoms. The summed E-state index contributed by atoms with van der Waals surface area (Å²) in [6.45, 7) is 1.60. The zero-order valence-electron chi connectivity index (χ0n) is 14.6. The lowest BCUT2D eigenvalue weighted by atomic mass is 10.2. The normalized spacial score (nSPS) is 9.92.